The number of nitrogens with two attached hydrogens (primary N) is 1. The van der Waals surface area contributed by atoms with Gasteiger partial charge in [-0.25, -0.2) is 9.59 Å². The zero-order valence-corrected chi connectivity index (χ0v) is 36.5. The number of carbonyl (C=O) groups is 6. The first kappa shape index (κ1) is 53.1. The second-order valence-electron chi connectivity index (χ2n) is 14.2. The van der Waals surface area contributed by atoms with Crippen LogP contribution in [0.4, 0.5) is 4.79 Å². The molecule has 1 saturated heterocycles. The van der Waals surface area contributed by atoms with Gasteiger partial charge in [0.1, 0.15) is 24.7 Å². The number of nitrogens with zero attached hydrogens (tertiary/aromatic N) is 1. The van der Waals surface area contributed by atoms with Gasteiger partial charge in [0.05, 0.1) is 6.04 Å². The van der Waals surface area contributed by atoms with Crippen LogP contribution in [0.2, 0.25) is 0 Å². The maximum absolute atomic E-state index is 14.0. The Balaban J connectivity index is 0. The Morgan fingerprint density at radius 1 is 0.782 bits per heavy atom. The van der Waals surface area contributed by atoms with Gasteiger partial charge in [0.2, 0.25) is 17.6 Å². The molecular formula is C43H77N5O7. The number of hydrogen-bond acceptors (Lipinski definition) is 7. The molecule has 4 rings (SSSR count). The number of nitrogens with one attached hydrogen (secondary N) is 3. The Hall–Kier alpha value is -3.96. The molecule has 5 amide bonds. The number of benzene rings is 1. The highest BCUT2D eigenvalue weighted by atomic mass is 16.5. The maximum atomic E-state index is 14.0. The van der Waals surface area contributed by atoms with Crippen molar-refractivity contribution < 1.29 is 33.5 Å². The van der Waals surface area contributed by atoms with Crippen LogP contribution >= 0.6 is 0 Å². The van der Waals surface area contributed by atoms with Crippen LogP contribution in [0.3, 0.4) is 0 Å². The maximum Gasteiger partial charge on any atom is 0.329 e. The molecule has 0 spiro atoms. The van der Waals surface area contributed by atoms with Crippen LogP contribution in [0.1, 0.15) is 153 Å². The minimum absolute atomic E-state index is 0.0564. The van der Waals surface area contributed by atoms with Crippen molar-refractivity contribution in [2.75, 3.05) is 6.54 Å². The van der Waals surface area contributed by atoms with Gasteiger partial charge in [-0.1, -0.05) is 146 Å². The molecule has 1 aromatic rings. The molecule has 0 aromatic heterocycles. The molecular weight excluding hydrogens is 699 g/mol. The highest BCUT2D eigenvalue weighted by molar-refractivity contribution is 6.37. The molecule has 1 heterocycles. The standard InChI is InChI=1S/C31H45N5O7.C4H8.4C2H6/c1-19(24(37)26(32)38)33-27(39)22-16-11-17-36(22)28(40)23(21-14-9-6-10-15-21)34-30(42)35-25(31(2,3)4)29(41)43-18-20-12-7-5-8-13-20;1-4-2-3-4;4*1-2/h5,7-8,12-13,19,21-23,25H,6,9-11,14-18H2,1-4H3,(H2,32,38)(H,33,39)(H2,34,35,42);4H,2-3H2,1H3;4*1-2H3. The minimum Gasteiger partial charge on any atom is -0.459 e. The van der Waals surface area contributed by atoms with Crippen molar-refractivity contribution in [3.05, 3.63) is 35.9 Å². The molecule has 3 fully saturated rings. The van der Waals surface area contributed by atoms with Gasteiger partial charge in [0.15, 0.2) is 0 Å². The first-order valence-electron chi connectivity index (χ1n) is 20.9. The van der Waals surface area contributed by atoms with Crippen LogP contribution < -0.4 is 21.7 Å². The van der Waals surface area contributed by atoms with E-state index >= 15 is 0 Å². The Labute approximate surface area is 333 Å². The molecule has 4 atom stereocenters. The predicted octanol–water partition coefficient (Wildman–Crippen LogP) is 7.46. The summed E-state index contributed by atoms with van der Waals surface area (Å²) in [7, 11) is 0. The van der Waals surface area contributed by atoms with Crippen LogP contribution in [0, 0.1) is 17.3 Å². The number of esters is 1. The lowest BCUT2D eigenvalue weighted by Gasteiger charge is -2.36. The van der Waals surface area contributed by atoms with Gasteiger partial charge in [-0.3, -0.25) is 19.2 Å². The summed E-state index contributed by atoms with van der Waals surface area (Å²) in [6.07, 6.45) is 8.21. The van der Waals surface area contributed by atoms with E-state index in [0.717, 1.165) is 43.6 Å². The summed E-state index contributed by atoms with van der Waals surface area (Å²) in [5.74, 6) is -2.70. The van der Waals surface area contributed by atoms with Crippen molar-refractivity contribution in [3.8, 4) is 0 Å². The normalized spacial score (nSPS) is 17.5. The van der Waals surface area contributed by atoms with E-state index < -0.39 is 65.1 Å². The first-order chi connectivity index (χ1) is 26.2. The van der Waals surface area contributed by atoms with Gasteiger partial charge in [-0.2, -0.15) is 0 Å². The van der Waals surface area contributed by atoms with E-state index in [2.05, 4.69) is 22.9 Å². The second kappa shape index (κ2) is 29.3. The molecule has 0 bridgehead atoms. The number of Topliss-reactive ketones (excluding diaryl/α,β-unsaturated/α-hetero) is 1. The number of amides is 5. The largest absolute Gasteiger partial charge is 0.459 e. The van der Waals surface area contributed by atoms with E-state index in [1.165, 1.54) is 24.7 Å². The fourth-order valence-electron chi connectivity index (χ4n) is 5.84. The smallest absolute Gasteiger partial charge is 0.329 e. The summed E-state index contributed by atoms with van der Waals surface area (Å²) in [5, 5.41) is 8.06. The average molecular weight is 776 g/mol. The lowest BCUT2D eigenvalue weighted by molar-refractivity contribution is -0.150. The van der Waals surface area contributed by atoms with E-state index in [1.807, 2.05) is 106 Å². The summed E-state index contributed by atoms with van der Waals surface area (Å²) in [6.45, 7) is 25.4. The van der Waals surface area contributed by atoms with Crippen molar-refractivity contribution in [1.29, 1.82) is 0 Å². The number of primary amides is 1. The summed E-state index contributed by atoms with van der Waals surface area (Å²) < 4.78 is 5.52. The number of urea groups is 1. The monoisotopic (exact) mass is 776 g/mol. The third-order valence-corrected chi connectivity index (χ3v) is 8.97. The molecule has 0 radical (unpaired) electrons. The van der Waals surface area contributed by atoms with Crippen molar-refractivity contribution in [2.24, 2.45) is 23.0 Å². The molecule has 55 heavy (non-hydrogen) atoms. The average Bonchev–Trinajstić information content (AvgIpc) is 3.83. The summed E-state index contributed by atoms with van der Waals surface area (Å²) >= 11 is 0. The summed E-state index contributed by atoms with van der Waals surface area (Å²) in [6, 6.07) is 4.64. The molecule has 12 nitrogen and oxygen atoms in total. The number of rotatable bonds is 11. The van der Waals surface area contributed by atoms with Crippen LogP contribution in [0.5, 0.6) is 0 Å². The molecule has 1 aliphatic heterocycles. The number of likely N-dealkylation sites (tertiary alicyclic amines) is 1. The van der Waals surface area contributed by atoms with Crippen molar-refractivity contribution in [3.63, 3.8) is 0 Å². The van der Waals surface area contributed by atoms with Gasteiger partial charge < -0.3 is 31.3 Å². The third kappa shape index (κ3) is 20.0. The number of hydrogen-bond donors (Lipinski definition) is 4. The van der Waals surface area contributed by atoms with Crippen LogP contribution in [0.15, 0.2) is 30.3 Å². The zero-order chi connectivity index (χ0) is 42.7. The van der Waals surface area contributed by atoms with Crippen LogP contribution in [-0.2, 0) is 35.3 Å². The van der Waals surface area contributed by atoms with Crippen molar-refractivity contribution in [2.45, 2.75) is 179 Å². The molecule has 316 valence electrons. The van der Waals surface area contributed by atoms with Gasteiger partial charge in [-0.15, -0.1) is 0 Å². The topological polar surface area (TPSA) is 177 Å². The van der Waals surface area contributed by atoms with E-state index in [1.54, 1.807) is 0 Å². The van der Waals surface area contributed by atoms with Gasteiger partial charge in [0.25, 0.3) is 5.91 Å². The second-order valence-corrected chi connectivity index (χ2v) is 14.2. The number of carbonyl (C=O) groups excluding carboxylic acids is 6. The minimum atomic E-state index is -1.16. The van der Waals surface area contributed by atoms with Crippen molar-refractivity contribution >= 4 is 35.5 Å². The Kier molecular flexibility index (Phi) is 28.4. The lowest BCUT2D eigenvalue weighted by Crippen LogP contribution is -2.60. The third-order valence-electron chi connectivity index (χ3n) is 8.97. The molecule has 1 aromatic carbocycles. The van der Waals surface area contributed by atoms with Crippen LogP contribution in [0.25, 0.3) is 0 Å². The van der Waals surface area contributed by atoms with E-state index in [0.29, 0.717) is 19.4 Å². The highest BCUT2D eigenvalue weighted by Gasteiger charge is 2.42. The fourth-order valence-corrected chi connectivity index (χ4v) is 5.84. The Morgan fingerprint density at radius 3 is 1.78 bits per heavy atom. The number of ether oxygens (including phenoxy) is 1. The molecule has 3 aliphatic rings. The number of ketones is 1. The molecule has 2 aliphatic carbocycles. The van der Waals surface area contributed by atoms with Crippen molar-refractivity contribution in [1.82, 2.24) is 20.9 Å². The van der Waals surface area contributed by atoms with Gasteiger partial charge in [-0.05, 0) is 55.4 Å². The fraction of sp³-hybridized carbons (Fsp3) is 0.721. The van der Waals surface area contributed by atoms with Gasteiger partial charge in [0, 0.05) is 6.54 Å². The Bertz CT molecular complexity index is 1260. The summed E-state index contributed by atoms with van der Waals surface area (Å²) in [5.41, 5.74) is 5.18. The van der Waals surface area contributed by atoms with Crippen LogP contribution in [-0.4, -0.2) is 71.1 Å². The molecule has 5 N–H and O–H groups in total. The quantitative estimate of drug-likeness (QED) is 0.133. The molecule has 2 saturated carbocycles. The zero-order valence-electron chi connectivity index (χ0n) is 36.5. The van der Waals surface area contributed by atoms with E-state index in [4.69, 9.17) is 10.5 Å². The molecule has 12 heteroatoms. The highest BCUT2D eigenvalue weighted by Crippen LogP contribution is 2.30. The van der Waals surface area contributed by atoms with E-state index in [-0.39, 0.29) is 12.5 Å². The lowest BCUT2D eigenvalue weighted by atomic mass is 9.83. The molecule has 4 unspecified atom stereocenters. The summed E-state index contributed by atoms with van der Waals surface area (Å²) in [4.78, 5) is 78.1. The van der Waals surface area contributed by atoms with Gasteiger partial charge >= 0.3 is 12.0 Å². The Morgan fingerprint density at radius 2 is 1.31 bits per heavy atom. The van der Waals surface area contributed by atoms with E-state index in [9.17, 15) is 28.8 Å². The first-order valence-corrected chi connectivity index (χ1v) is 20.9. The SMILES string of the molecule is CC.CC.CC.CC.CC(NC(=O)C1CCCN1C(=O)C(NC(=O)NC(C(=O)OCc1ccccc1)C(C)(C)C)C1CCCCC1)C(=O)C(N)=O.CC1CC1. The predicted molar refractivity (Wildman–Crippen MR) is 222 cm³/mol.